The van der Waals surface area contributed by atoms with Gasteiger partial charge in [-0.2, -0.15) is 0 Å². The molecule has 4 nitrogen and oxygen atoms in total. The summed E-state index contributed by atoms with van der Waals surface area (Å²) in [6.45, 7) is 0. The summed E-state index contributed by atoms with van der Waals surface area (Å²) in [4.78, 5) is 10.8. The summed E-state index contributed by atoms with van der Waals surface area (Å²) in [6.07, 6.45) is 1.17. The minimum atomic E-state index is -1.06. The summed E-state index contributed by atoms with van der Waals surface area (Å²) in [5.41, 5.74) is 0.463. The Kier molecular flexibility index (Phi) is 2.28. The molecule has 0 aliphatic rings. The smallest absolute Gasteiger partial charge is 0.339 e. The largest absolute Gasteiger partial charge is 0.493 e. The summed E-state index contributed by atoms with van der Waals surface area (Å²) in [7, 11) is 1.47. The Balaban J connectivity index is 2.80. The highest BCUT2D eigenvalue weighted by Crippen LogP contribution is 2.33. The maximum Gasteiger partial charge on any atom is 0.339 e. The van der Waals surface area contributed by atoms with E-state index < -0.39 is 5.97 Å². The summed E-state index contributed by atoms with van der Waals surface area (Å²) < 4.78 is 10.2. The Labute approximate surface area is 90.0 Å². The molecule has 1 aromatic carbocycles. The SMILES string of the molecule is COc1cc(Cl)cc2c(C(=O)O)coc12. The zero-order valence-corrected chi connectivity index (χ0v) is 8.54. The van der Waals surface area contributed by atoms with Crippen LogP contribution in [-0.4, -0.2) is 18.2 Å². The lowest BCUT2D eigenvalue weighted by Crippen LogP contribution is -1.93. The van der Waals surface area contributed by atoms with Gasteiger partial charge in [-0.25, -0.2) is 4.79 Å². The third kappa shape index (κ3) is 1.53. The Hall–Kier alpha value is -1.68. The number of benzene rings is 1. The van der Waals surface area contributed by atoms with Gasteiger partial charge in [0.15, 0.2) is 11.3 Å². The van der Waals surface area contributed by atoms with E-state index in [0.717, 1.165) is 0 Å². The molecule has 0 bridgehead atoms. The van der Waals surface area contributed by atoms with Crippen molar-refractivity contribution in [2.75, 3.05) is 7.11 Å². The third-order valence-electron chi connectivity index (χ3n) is 2.05. The fraction of sp³-hybridized carbons (Fsp3) is 0.100. The van der Waals surface area contributed by atoms with Crippen molar-refractivity contribution < 1.29 is 19.1 Å². The minimum Gasteiger partial charge on any atom is -0.493 e. The Morgan fingerprint density at radius 1 is 1.53 bits per heavy atom. The van der Waals surface area contributed by atoms with E-state index in [0.29, 0.717) is 21.7 Å². The van der Waals surface area contributed by atoms with Gasteiger partial charge in [0.1, 0.15) is 11.8 Å². The number of ether oxygens (including phenoxy) is 1. The van der Waals surface area contributed by atoms with E-state index in [-0.39, 0.29) is 5.56 Å². The van der Waals surface area contributed by atoms with Crippen molar-refractivity contribution in [3.05, 3.63) is 29.0 Å². The van der Waals surface area contributed by atoms with Crippen LogP contribution in [0.15, 0.2) is 22.8 Å². The van der Waals surface area contributed by atoms with Crippen molar-refractivity contribution in [2.45, 2.75) is 0 Å². The van der Waals surface area contributed by atoms with E-state index in [4.69, 9.17) is 25.9 Å². The Morgan fingerprint density at radius 2 is 2.27 bits per heavy atom. The van der Waals surface area contributed by atoms with Crippen LogP contribution in [0.25, 0.3) is 11.0 Å². The van der Waals surface area contributed by atoms with Gasteiger partial charge in [0, 0.05) is 16.5 Å². The highest BCUT2D eigenvalue weighted by molar-refractivity contribution is 6.31. The average molecular weight is 227 g/mol. The summed E-state index contributed by atoms with van der Waals surface area (Å²) in [5, 5.41) is 9.72. The number of hydrogen-bond acceptors (Lipinski definition) is 3. The maximum atomic E-state index is 10.8. The van der Waals surface area contributed by atoms with Crippen molar-refractivity contribution in [3.63, 3.8) is 0 Å². The van der Waals surface area contributed by atoms with Crippen LogP contribution in [0.4, 0.5) is 0 Å². The number of furan rings is 1. The number of hydrogen-bond donors (Lipinski definition) is 1. The summed E-state index contributed by atoms with van der Waals surface area (Å²) >= 11 is 5.82. The van der Waals surface area contributed by atoms with Crippen molar-refractivity contribution >= 4 is 28.5 Å². The lowest BCUT2D eigenvalue weighted by atomic mass is 10.1. The molecule has 0 saturated carbocycles. The van der Waals surface area contributed by atoms with Crippen LogP contribution in [0.2, 0.25) is 5.02 Å². The first kappa shape index (κ1) is 9.86. The fourth-order valence-corrected chi connectivity index (χ4v) is 1.60. The predicted molar refractivity (Wildman–Crippen MR) is 54.7 cm³/mol. The van der Waals surface area contributed by atoms with Crippen LogP contribution in [0.1, 0.15) is 10.4 Å². The zero-order valence-electron chi connectivity index (χ0n) is 7.78. The third-order valence-corrected chi connectivity index (χ3v) is 2.27. The van der Waals surface area contributed by atoms with E-state index in [1.165, 1.54) is 19.4 Å². The molecule has 15 heavy (non-hydrogen) atoms. The lowest BCUT2D eigenvalue weighted by molar-refractivity contribution is 0.0698. The molecule has 5 heteroatoms. The van der Waals surface area contributed by atoms with Gasteiger partial charge in [0.05, 0.1) is 7.11 Å². The topological polar surface area (TPSA) is 59.7 Å². The number of fused-ring (bicyclic) bond motifs is 1. The lowest BCUT2D eigenvalue weighted by Gasteiger charge is -2.01. The van der Waals surface area contributed by atoms with Crippen molar-refractivity contribution in [2.24, 2.45) is 0 Å². The second-order valence-corrected chi connectivity index (χ2v) is 3.38. The van der Waals surface area contributed by atoms with Gasteiger partial charge >= 0.3 is 5.97 Å². The van der Waals surface area contributed by atoms with Crippen molar-refractivity contribution in [1.82, 2.24) is 0 Å². The predicted octanol–water partition coefficient (Wildman–Crippen LogP) is 2.79. The molecule has 0 amide bonds. The number of carbonyl (C=O) groups is 1. The molecular formula is C10H7ClO4. The molecule has 0 unspecified atom stereocenters. The molecule has 1 aromatic heterocycles. The number of rotatable bonds is 2. The fourth-order valence-electron chi connectivity index (χ4n) is 1.39. The van der Waals surface area contributed by atoms with Crippen LogP contribution < -0.4 is 4.74 Å². The first-order valence-corrected chi connectivity index (χ1v) is 4.49. The van der Waals surface area contributed by atoms with E-state index in [9.17, 15) is 4.79 Å². The molecule has 0 atom stereocenters. The van der Waals surface area contributed by atoms with Gasteiger partial charge < -0.3 is 14.3 Å². The molecule has 0 aliphatic carbocycles. The number of carboxylic acids is 1. The second kappa shape index (κ2) is 3.47. The van der Waals surface area contributed by atoms with Crippen molar-refractivity contribution in [1.29, 1.82) is 0 Å². The molecule has 0 aliphatic heterocycles. The van der Waals surface area contributed by atoms with E-state index in [2.05, 4.69) is 0 Å². The molecule has 0 saturated heterocycles. The van der Waals surface area contributed by atoms with Crippen LogP contribution >= 0.6 is 11.6 Å². The molecule has 0 radical (unpaired) electrons. The number of carboxylic acid groups (broad SMARTS) is 1. The van der Waals surface area contributed by atoms with Gasteiger partial charge in [-0.3, -0.25) is 0 Å². The summed E-state index contributed by atoms with van der Waals surface area (Å²) in [5.74, 6) is -0.636. The van der Waals surface area contributed by atoms with E-state index >= 15 is 0 Å². The van der Waals surface area contributed by atoms with Gasteiger partial charge in [0.2, 0.25) is 0 Å². The van der Waals surface area contributed by atoms with Crippen LogP contribution in [0.3, 0.4) is 0 Å². The monoisotopic (exact) mass is 226 g/mol. The quantitative estimate of drug-likeness (QED) is 0.855. The molecule has 2 rings (SSSR count). The molecular weight excluding hydrogens is 220 g/mol. The maximum absolute atomic E-state index is 10.8. The minimum absolute atomic E-state index is 0.0748. The zero-order chi connectivity index (χ0) is 11.0. The highest BCUT2D eigenvalue weighted by Gasteiger charge is 2.16. The molecule has 0 fully saturated rings. The first-order chi connectivity index (χ1) is 7.13. The van der Waals surface area contributed by atoms with Gasteiger partial charge in [-0.15, -0.1) is 0 Å². The molecule has 1 N–H and O–H groups in total. The molecule has 78 valence electrons. The van der Waals surface area contributed by atoms with Crippen LogP contribution in [-0.2, 0) is 0 Å². The van der Waals surface area contributed by atoms with Crippen LogP contribution in [0, 0.1) is 0 Å². The van der Waals surface area contributed by atoms with E-state index in [1.807, 2.05) is 0 Å². The normalized spacial score (nSPS) is 10.5. The van der Waals surface area contributed by atoms with Gasteiger partial charge in [-0.05, 0) is 6.07 Å². The number of aromatic carboxylic acids is 1. The van der Waals surface area contributed by atoms with Gasteiger partial charge in [-0.1, -0.05) is 11.6 Å². The Bertz CT molecular complexity index is 529. The number of methoxy groups -OCH3 is 1. The molecule has 1 heterocycles. The Morgan fingerprint density at radius 3 is 2.87 bits per heavy atom. The van der Waals surface area contributed by atoms with E-state index in [1.54, 1.807) is 6.07 Å². The summed E-state index contributed by atoms with van der Waals surface area (Å²) in [6, 6.07) is 3.10. The standard InChI is InChI=1S/C10H7ClO4/c1-14-8-3-5(11)2-6-7(10(12)13)4-15-9(6)8/h2-4H,1H3,(H,12,13). The first-order valence-electron chi connectivity index (χ1n) is 4.11. The second-order valence-electron chi connectivity index (χ2n) is 2.94. The van der Waals surface area contributed by atoms with Gasteiger partial charge in [0.25, 0.3) is 0 Å². The molecule has 2 aromatic rings. The number of halogens is 1. The van der Waals surface area contributed by atoms with Crippen molar-refractivity contribution in [3.8, 4) is 5.75 Å². The average Bonchev–Trinajstić information content (AvgIpc) is 2.59. The highest BCUT2D eigenvalue weighted by atomic mass is 35.5. The van der Waals surface area contributed by atoms with Crippen LogP contribution in [0.5, 0.6) is 5.75 Å². The molecule has 0 spiro atoms.